The molecule has 0 aliphatic heterocycles. The summed E-state index contributed by atoms with van der Waals surface area (Å²) in [5, 5.41) is 0. The molecule has 0 aliphatic rings. The van der Waals surface area contributed by atoms with Gasteiger partial charge in [0.2, 0.25) is 0 Å². The summed E-state index contributed by atoms with van der Waals surface area (Å²) in [6, 6.07) is 0. The van der Waals surface area contributed by atoms with Gasteiger partial charge in [-0.05, 0) is 51.4 Å². The summed E-state index contributed by atoms with van der Waals surface area (Å²) in [6.45, 7) is 2.49. The maximum Gasteiger partial charge on any atom is 0.132 e. The zero-order valence-electron chi connectivity index (χ0n) is 22.0. The van der Waals surface area contributed by atoms with Gasteiger partial charge in [-0.3, -0.25) is 19.2 Å². The van der Waals surface area contributed by atoms with E-state index in [1.807, 2.05) is 6.92 Å². The van der Waals surface area contributed by atoms with Crippen LogP contribution in [-0.2, 0) is 29.0 Å². The summed E-state index contributed by atoms with van der Waals surface area (Å²) < 4.78 is 0. The van der Waals surface area contributed by atoms with Gasteiger partial charge >= 0.3 is 0 Å². The summed E-state index contributed by atoms with van der Waals surface area (Å²) in [4.78, 5) is 56.4. The normalized spacial score (nSPS) is 11.0. The predicted molar refractivity (Wildman–Crippen MR) is 136 cm³/mol. The third-order valence-electron chi connectivity index (χ3n) is 6.18. The zero-order valence-corrected chi connectivity index (χ0v) is 22.0. The van der Waals surface area contributed by atoms with Crippen LogP contribution < -0.4 is 0 Å². The first-order valence-corrected chi connectivity index (χ1v) is 13.7. The number of rotatable bonds is 27. The molecule has 0 aromatic rings. The number of carbonyl (C=O) groups is 4. The molecule has 0 aromatic carbocycles. The van der Waals surface area contributed by atoms with E-state index in [1.54, 1.807) is 0 Å². The second-order valence-electron chi connectivity index (χ2n) is 9.34. The van der Waals surface area contributed by atoms with E-state index in [0.29, 0.717) is 81.1 Å². The van der Waals surface area contributed by atoms with E-state index in [4.69, 9.17) is 4.89 Å². The SMILES string of the molecule is CCC(=O)CCCCCC(=O)CCCCCC(=O)CCCCCC(=O)CCCCCCOOC. The van der Waals surface area contributed by atoms with Crippen LogP contribution >= 0.6 is 0 Å². The van der Waals surface area contributed by atoms with Crippen molar-refractivity contribution in [1.29, 1.82) is 0 Å². The van der Waals surface area contributed by atoms with E-state index in [0.717, 1.165) is 83.5 Å². The van der Waals surface area contributed by atoms with Gasteiger partial charge in [0.25, 0.3) is 0 Å². The van der Waals surface area contributed by atoms with Crippen molar-refractivity contribution >= 4 is 23.1 Å². The van der Waals surface area contributed by atoms with Crippen LogP contribution in [0, 0.1) is 0 Å². The van der Waals surface area contributed by atoms with Gasteiger partial charge in [-0.25, -0.2) is 9.78 Å². The first-order valence-electron chi connectivity index (χ1n) is 13.7. The van der Waals surface area contributed by atoms with Crippen molar-refractivity contribution in [1.82, 2.24) is 0 Å². The molecule has 0 bridgehead atoms. The van der Waals surface area contributed by atoms with Crippen LogP contribution in [0.15, 0.2) is 0 Å². The van der Waals surface area contributed by atoms with Crippen molar-refractivity contribution in [3.63, 3.8) is 0 Å². The Bertz CT molecular complexity index is 543. The Morgan fingerprint density at radius 2 is 0.735 bits per heavy atom. The van der Waals surface area contributed by atoms with Crippen molar-refractivity contribution in [2.45, 2.75) is 142 Å². The first kappa shape index (κ1) is 32.6. The number of Topliss-reactive ketones (excluding diaryl/α,β-unsaturated/α-hetero) is 4. The Labute approximate surface area is 207 Å². The largest absolute Gasteiger partial charge is 0.300 e. The Kier molecular flexibility index (Phi) is 23.7. The third-order valence-corrected chi connectivity index (χ3v) is 6.18. The van der Waals surface area contributed by atoms with Gasteiger partial charge < -0.3 is 0 Å². The number of unbranched alkanes of at least 4 members (excludes halogenated alkanes) is 9. The minimum atomic E-state index is 0.303. The molecule has 0 amide bonds. The molecule has 0 heterocycles. The molecule has 0 rings (SSSR count). The van der Waals surface area contributed by atoms with Crippen LogP contribution in [-0.4, -0.2) is 36.8 Å². The minimum Gasteiger partial charge on any atom is -0.300 e. The second kappa shape index (κ2) is 24.7. The first-order chi connectivity index (χ1) is 16.5. The van der Waals surface area contributed by atoms with Gasteiger partial charge in [0.1, 0.15) is 23.1 Å². The highest BCUT2D eigenvalue weighted by molar-refractivity contribution is 5.79. The molecule has 0 saturated carbocycles. The van der Waals surface area contributed by atoms with Crippen molar-refractivity contribution in [3.05, 3.63) is 0 Å². The van der Waals surface area contributed by atoms with Crippen LogP contribution in [0.4, 0.5) is 0 Å². The fourth-order valence-corrected chi connectivity index (χ4v) is 3.94. The van der Waals surface area contributed by atoms with E-state index in [9.17, 15) is 19.2 Å². The molecule has 0 radical (unpaired) electrons. The average Bonchev–Trinajstić information content (AvgIpc) is 2.82. The minimum absolute atomic E-state index is 0.303. The quantitative estimate of drug-likeness (QED) is 0.0708. The van der Waals surface area contributed by atoms with Crippen LogP contribution in [0.5, 0.6) is 0 Å². The monoisotopic (exact) mass is 482 g/mol. The zero-order chi connectivity index (χ0) is 25.3. The fraction of sp³-hybridized carbons (Fsp3) is 0.857. The molecular formula is C28H50O6. The molecule has 0 aliphatic carbocycles. The van der Waals surface area contributed by atoms with Gasteiger partial charge in [0.15, 0.2) is 0 Å². The lowest BCUT2D eigenvalue weighted by Gasteiger charge is -2.04. The molecule has 0 unspecified atom stereocenters. The van der Waals surface area contributed by atoms with Crippen LogP contribution in [0.1, 0.15) is 142 Å². The molecule has 6 heteroatoms. The lowest BCUT2D eigenvalue weighted by Crippen LogP contribution is -2.01. The maximum atomic E-state index is 12.0. The van der Waals surface area contributed by atoms with Gasteiger partial charge in [0.05, 0.1) is 13.7 Å². The molecule has 0 saturated heterocycles. The molecule has 198 valence electrons. The molecule has 0 fully saturated rings. The van der Waals surface area contributed by atoms with Gasteiger partial charge in [-0.1, -0.05) is 39.0 Å². The van der Waals surface area contributed by atoms with Gasteiger partial charge in [0, 0.05) is 51.4 Å². The molecular weight excluding hydrogens is 432 g/mol. The van der Waals surface area contributed by atoms with Crippen molar-refractivity contribution in [2.24, 2.45) is 0 Å². The number of ketones is 4. The van der Waals surface area contributed by atoms with Gasteiger partial charge in [-0.15, -0.1) is 0 Å². The standard InChI is InChI=1S/C28H50O6/c1-3-25(29)17-10-6-11-19-27(31)21-14-8-15-23-28(32)22-13-7-12-20-26(30)18-9-4-5-16-24-34-33-2/h3-24H2,1-2H3. The Balaban J connectivity index is 3.42. The lowest BCUT2D eigenvalue weighted by atomic mass is 10.0. The Hall–Kier alpha value is -1.40. The van der Waals surface area contributed by atoms with E-state index in [1.165, 1.54) is 7.11 Å². The topological polar surface area (TPSA) is 86.7 Å². The summed E-state index contributed by atoms with van der Waals surface area (Å²) in [5.41, 5.74) is 0. The molecule has 0 atom stereocenters. The third kappa shape index (κ3) is 23.7. The summed E-state index contributed by atoms with van der Waals surface area (Å²) >= 11 is 0. The highest BCUT2D eigenvalue weighted by atomic mass is 17.2. The molecule has 34 heavy (non-hydrogen) atoms. The van der Waals surface area contributed by atoms with E-state index in [2.05, 4.69) is 4.89 Å². The van der Waals surface area contributed by atoms with Crippen molar-refractivity contribution < 1.29 is 29.0 Å². The summed E-state index contributed by atoms with van der Waals surface area (Å²) in [7, 11) is 1.51. The Morgan fingerprint density at radius 1 is 0.441 bits per heavy atom. The number of hydrogen-bond donors (Lipinski definition) is 0. The molecule has 0 spiro atoms. The van der Waals surface area contributed by atoms with Gasteiger partial charge in [-0.2, -0.15) is 0 Å². The van der Waals surface area contributed by atoms with Crippen molar-refractivity contribution in [3.8, 4) is 0 Å². The molecule has 0 N–H and O–H groups in total. The fourth-order valence-electron chi connectivity index (χ4n) is 3.94. The maximum absolute atomic E-state index is 12.0. The van der Waals surface area contributed by atoms with Crippen LogP contribution in [0.3, 0.4) is 0 Å². The number of carbonyl (C=O) groups excluding carboxylic acids is 4. The highest BCUT2D eigenvalue weighted by Gasteiger charge is 2.06. The van der Waals surface area contributed by atoms with E-state index >= 15 is 0 Å². The average molecular weight is 483 g/mol. The molecule has 0 aromatic heterocycles. The van der Waals surface area contributed by atoms with Crippen molar-refractivity contribution in [2.75, 3.05) is 13.7 Å². The highest BCUT2D eigenvalue weighted by Crippen LogP contribution is 2.13. The summed E-state index contributed by atoms with van der Waals surface area (Å²) in [6.07, 6.45) is 17.0. The molecule has 6 nitrogen and oxygen atoms in total. The summed E-state index contributed by atoms with van der Waals surface area (Å²) in [5.74, 6) is 1.25. The predicted octanol–water partition coefficient (Wildman–Crippen LogP) is 7.05. The van der Waals surface area contributed by atoms with E-state index in [-0.39, 0.29) is 0 Å². The lowest BCUT2D eigenvalue weighted by molar-refractivity contribution is -0.272. The van der Waals surface area contributed by atoms with Crippen LogP contribution in [0.25, 0.3) is 0 Å². The number of hydrogen-bond acceptors (Lipinski definition) is 6. The van der Waals surface area contributed by atoms with Crippen LogP contribution in [0.2, 0.25) is 0 Å². The smallest absolute Gasteiger partial charge is 0.132 e. The second-order valence-corrected chi connectivity index (χ2v) is 9.34. The Morgan fingerprint density at radius 3 is 1.06 bits per heavy atom. The van der Waals surface area contributed by atoms with E-state index < -0.39 is 0 Å².